The molecule has 2 aromatic heterocycles. The van der Waals surface area contributed by atoms with Gasteiger partial charge in [0, 0.05) is 17.2 Å². The zero-order valence-corrected chi connectivity index (χ0v) is 19.6. The maximum absolute atomic E-state index is 12.7. The monoisotopic (exact) mass is 468 g/mol. The normalized spacial score (nSPS) is 11.1. The van der Waals surface area contributed by atoms with Crippen LogP contribution in [0.25, 0.3) is 39.2 Å². The third-order valence-corrected chi connectivity index (χ3v) is 5.68. The fourth-order valence-corrected chi connectivity index (χ4v) is 4.28. The lowest BCUT2D eigenvalue weighted by molar-refractivity contribution is 0.0528. The van der Waals surface area contributed by atoms with Crippen molar-refractivity contribution in [1.82, 2.24) is 30.2 Å². The molecule has 0 aliphatic heterocycles. The number of fused-ring (bicyclic) bond motifs is 1. The molecule has 1 N–H and O–H groups in total. The Morgan fingerprint density at radius 3 is 2.54 bits per heavy atom. The molecule has 0 fully saturated rings. The van der Waals surface area contributed by atoms with Gasteiger partial charge in [0.25, 0.3) is 0 Å². The predicted octanol–water partition coefficient (Wildman–Crippen LogP) is 4.76. The molecule has 9 heteroatoms. The van der Waals surface area contributed by atoms with Crippen molar-refractivity contribution in [3.8, 4) is 34.0 Å². The van der Waals surface area contributed by atoms with Crippen molar-refractivity contribution < 1.29 is 14.3 Å². The highest BCUT2D eigenvalue weighted by Gasteiger charge is 2.20. The second kappa shape index (κ2) is 9.38. The zero-order valence-electron chi connectivity index (χ0n) is 19.6. The maximum atomic E-state index is 12.7. The van der Waals surface area contributed by atoms with Gasteiger partial charge in [-0.3, -0.25) is 4.57 Å². The molecule has 2 heterocycles. The number of imidazole rings is 1. The lowest BCUT2D eigenvalue weighted by Gasteiger charge is -2.16. The molecular formula is C26H24N6O3. The Balaban J connectivity index is 1.69. The quantitative estimate of drug-likeness (QED) is 0.343. The first-order chi connectivity index (χ1) is 17.1. The number of nitrogens with zero attached hydrogens (tertiary/aromatic N) is 5. The van der Waals surface area contributed by atoms with E-state index in [1.54, 1.807) is 13.0 Å². The lowest BCUT2D eigenvalue weighted by atomic mass is 9.98. The topological polar surface area (TPSA) is 108 Å². The fraction of sp³-hybridized carbons (Fsp3) is 0.192. The Labute approximate surface area is 201 Å². The molecule has 0 saturated heterocycles. The standard InChI is InChI=1S/C26H24N6O3/c1-4-34-23-15-17(13-14-19(23)18-9-6-7-10-20(18)25-28-30-31-29-25)32-16(3)27-22-12-8-11-21(24(22)32)26(33)35-5-2/h6-15H,4-5H2,1-3H3,(H,28,29,30,31). The van der Waals surface area contributed by atoms with Crippen molar-refractivity contribution >= 4 is 17.0 Å². The highest BCUT2D eigenvalue weighted by Crippen LogP contribution is 2.38. The van der Waals surface area contributed by atoms with Crippen molar-refractivity contribution in [2.45, 2.75) is 20.8 Å². The second-order valence-electron chi connectivity index (χ2n) is 7.80. The van der Waals surface area contributed by atoms with Gasteiger partial charge in [-0.25, -0.2) is 14.9 Å². The first-order valence-corrected chi connectivity index (χ1v) is 11.4. The highest BCUT2D eigenvalue weighted by molar-refractivity contribution is 6.03. The minimum absolute atomic E-state index is 0.297. The van der Waals surface area contributed by atoms with Crippen LogP contribution in [0.15, 0.2) is 60.7 Å². The zero-order chi connectivity index (χ0) is 24.4. The molecule has 3 aromatic carbocycles. The molecule has 0 atom stereocenters. The van der Waals surface area contributed by atoms with E-state index in [1.165, 1.54) is 0 Å². The highest BCUT2D eigenvalue weighted by atomic mass is 16.5. The van der Waals surface area contributed by atoms with Crippen LogP contribution in [0, 0.1) is 6.92 Å². The molecule has 0 spiro atoms. The van der Waals surface area contributed by atoms with E-state index in [1.807, 2.05) is 73.0 Å². The van der Waals surface area contributed by atoms with Gasteiger partial charge in [-0.15, -0.1) is 5.10 Å². The summed E-state index contributed by atoms with van der Waals surface area (Å²) in [6.07, 6.45) is 0. The van der Waals surface area contributed by atoms with Crippen LogP contribution in [0.3, 0.4) is 0 Å². The van der Waals surface area contributed by atoms with Crippen molar-refractivity contribution in [2.24, 2.45) is 0 Å². The Morgan fingerprint density at radius 2 is 1.80 bits per heavy atom. The molecule has 0 bridgehead atoms. The molecule has 0 unspecified atom stereocenters. The Hall–Kier alpha value is -4.53. The van der Waals surface area contributed by atoms with Gasteiger partial charge in [-0.2, -0.15) is 0 Å². The summed E-state index contributed by atoms with van der Waals surface area (Å²) < 4.78 is 13.3. The Kier molecular flexibility index (Phi) is 5.97. The number of carbonyl (C=O) groups excluding carboxylic acids is 1. The number of nitrogens with one attached hydrogen (secondary N) is 1. The first kappa shape index (κ1) is 22.3. The molecule has 0 aliphatic carbocycles. The van der Waals surface area contributed by atoms with E-state index in [-0.39, 0.29) is 5.97 Å². The number of rotatable bonds is 7. The number of carbonyl (C=O) groups is 1. The molecule has 176 valence electrons. The van der Waals surface area contributed by atoms with Gasteiger partial charge in [0.2, 0.25) is 0 Å². The van der Waals surface area contributed by atoms with Gasteiger partial charge in [0.15, 0.2) is 5.82 Å². The molecule has 35 heavy (non-hydrogen) atoms. The summed E-state index contributed by atoms with van der Waals surface area (Å²) in [5, 5.41) is 14.3. The molecule has 9 nitrogen and oxygen atoms in total. The van der Waals surface area contributed by atoms with Gasteiger partial charge in [0.1, 0.15) is 11.6 Å². The molecule has 0 aliphatic rings. The van der Waals surface area contributed by atoms with Crippen LogP contribution in [0.1, 0.15) is 30.0 Å². The average Bonchev–Trinajstić information content (AvgIpc) is 3.52. The first-order valence-electron chi connectivity index (χ1n) is 11.4. The number of hydrogen-bond acceptors (Lipinski definition) is 7. The molecular weight excluding hydrogens is 444 g/mol. The fourth-order valence-electron chi connectivity index (χ4n) is 4.28. The van der Waals surface area contributed by atoms with Crippen LogP contribution in [-0.2, 0) is 4.74 Å². The Morgan fingerprint density at radius 1 is 0.971 bits per heavy atom. The summed E-state index contributed by atoms with van der Waals surface area (Å²) in [4.78, 5) is 17.4. The summed E-state index contributed by atoms with van der Waals surface area (Å²) in [7, 11) is 0. The van der Waals surface area contributed by atoms with E-state index >= 15 is 0 Å². The van der Waals surface area contributed by atoms with Crippen molar-refractivity contribution in [2.75, 3.05) is 13.2 Å². The van der Waals surface area contributed by atoms with Crippen LogP contribution < -0.4 is 4.74 Å². The number of tetrazole rings is 1. The number of aromatic amines is 1. The number of aryl methyl sites for hydroxylation is 1. The summed E-state index contributed by atoms with van der Waals surface area (Å²) in [5.74, 6) is 1.64. The van der Waals surface area contributed by atoms with Crippen LogP contribution >= 0.6 is 0 Å². The van der Waals surface area contributed by atoms with E-state index in [4.69, 9.17) is 9.47 Å². The van der Waals surface area contributed by atoms with Crippen LogP contribution in [-0.4, -0.2) is 49.4 Å². The van der Waals surface area contributed by atoms with E-state index in [0.29, 0.717) is 35.9 Å². The van der Waals surface area contributed by atoms with Gasteiger partial charge >= 0.3 is 5.97 Å². The molecule has 0 radical (unpaired) electrons. The van der Waals surface area contributed by atoms with Crippen molar-refractivity contribution in [3.63, 3.8) is 0 Å². The lowest BCUT2D eigenvalue weighted by Crippen LogP contribution is -2.08. The summed E-state index contributed by atoms with van der Waals surface area (Å²) in [5.41, 5.74) is 5.41. The molecule has 5 aromatic rings. The summed E-state index contributed by atoms with van der Waals surface area (Å²) >= 11 is 0. The van der Waals surface area contributed by atoms with Crippen LogP contribution in [0.5, 0.6) is 5.75 Å². The number of aromatic nitrogens is 6. The van der Waals surface area contributed by atoms with E-state index in [2.05, 4.69) is 25.6 Å². The third-order valence-electron chi connectivity index (χ3n) is 5.68. The minimum atomic E-state index is -0.379. The molecule has 0 amide bonds. The van der Waals surface area contributed by atoms with Crippen molar-refractivity contribution in [1.29, 1.82) is 0 Å². The van der Waals surface area contributed by atoms with Gasteiger partial charge in [-0.1, -0.05) is 30.3 Å². The largest absolute Gasteiger partial charge is 0.493 e. The minimum Gasteiger partial charge on any atom is -0.493 e. The number of ether oxygens (including phenoxy) is 2. The summed E-state index contributed by atoms with van der Waals surface area (Å²) in [6, 6.07) is 19.3. The van der Waals surface area contributed by atoms with Gasteiger partial charge in [-0.05, 0) is 61.0 Å². The molecule has 0 saturated carbocycles. The SMILES string of the molecule is CCOC(=O)c1cccc2nc(C)n(-c3ccc(-c4ccccc4-c4nnn[nH]4)c(OCC)c3)c12. The second-order valence-corrected chi connectivity index (χ2v) is 7.80. The smallest absolute Gasteiger partial charge is 0.340 e. The number of benzene rings is 3. The van der Waals surface area contributed by atoms with Gasteiger partial charge < -0.3 is 9.47 Å². The van der Waals surface area contributed by atoms with Crippen LogP contribution in [0.4, 0.5) is 0 Å². The molecule has 5 rings (SSSR count). The Bertz CT molecular complexity index is 1510. The summed E-state index contributed by atoms with van der Waals surface area (Å²) in [6.45, 7) is 6.43. The van der Waals surface area contributed by atoms with E-state index in [0.717, 1.165) is 33.7 Å². The number of para-hydroxylation sites is 1. The number of esters is 1. The third kappa shape index (κ3) is 4.01. The number of hydrogen-bond donors (Lipinski definition) is 1. The van der Waals surface area contributed by atoms with Crippen molar-refractivity contribution in [3.05, 3.63) is 72.1 Å². The van der Waals surface area contributed by atoms with E-state index in [9.17, 15) is 4.79 Å². The number of H-pyrrole nitrogens is 1. The van der Waals surface area contributed by atoms with E-state index < -0.39 is 0 Å². The van der Waals surface area contributed by atoms with Crippen LogP contribution in [0.2, 0.25) is 0 Å². The van der Waals surface area contributed by atoms with Gasteiger partial charge in [0.05, 0.1) is 35.5 Å². The predicted molar refractivity (Wildman–Crippen MR) is 132 cm³/mol. The average molecular weight is 469 g/mol. The maximum Gasteiger partial charge on any atom is 0.340 e.